The SMILES string of the molecule is CN(C)CCN1C(=O)C(C2=NS(=O)(=O)c3cc(NS(C)(=O)=O)ccc3N2)=C(O)[C@@H]2CCC[C@@H]21. The van der Waals surface area contributed by atoms with Crippen molar-refractivity contribution < 1.29 is 26.7 Å². The van der Waals surface area contributed by atoms with Gasteiger partial charge in [0.2, 0.25) is 10.0 Å². The van der Waals surface area contributed by atoms with Gasteiger partial charge >= 0.3 is 0 Å². The molecule has 1 aromatic carbocycles. The second kappa shape index (κ2) is 8.29. The molecule has 2 heterocycles. The van der Waals surface area contributed by atoms with Crippen LogP contribution < -0.4 is 10.0 Å². The zero-order valence-electron chi connectivity index (χ0n) is 18.6. The standard InChI is InChI=1S/C20H27N5O6S2/c1-24(2)9-10-25-15-6-4-5-13(15)18(26)17(20(25)27)19-21-14-8-7-12(22-32(3,28)29)11-16(14)33(30,31)23-19/h7-8,11,13,15,22,26H,4-6,9-10H2,1-3H3,(H,21,23)/t13-,15+/m1/s1. The van der Waals surface area contributed by atoms with Crippen LogP contribution in [-0.2, 0) is 24.8 Å². The van der Waals surface area contributed by atoms with Gasteiger partial charge in [-0.15, -0.1) is 4.40 Å². The van der Waals surface area contributed by atoms with E-state index >= 15 is 0 Å². The molecule has 0 saturated heterocycles. The zero-order valence-corrected chi connectivity index (χ0v) is 20.2. The normalized spacial score (nSPS) is 24.3. The van der Waals surface area contributed by atoms with Gasteiger partial charge in [0.25, 0.3) is 15.9 Å². The number of nitrogens with one attached hydrogen (secondary N) is 2. The predicted octanol–water partition coefficient (Wildman–Crippen LogP) is 0.955. The third-order valence-corrected chi connectivity index (χ3v) is 7.94. The number of aliphatic hydroxyl groups excluding tert-OH is 1. The lowest BCUT2D eigenvalue weighted by atomic mass is 9.90. The number of hydrogen-bond acceptors (Lipinski definition) is 8. The number of hydrogen-bond donors (Lipinski definition) is 3. The first-order valence-electron chi connectivity index (χ1n) is 10.5. The van der Waals surface area contributed by atoms with Crippen LogP contribution in [0.1, 0.15) is 19.3 Å². The smallest absolute Gasteiger partial charge is 0.286 e. The number of anilines is 2. The van der Waals surface area contributed by atoms with E-state index in [1.807, 2.05) is 19.0 Å². The Kier molecular flexibility index (Phi) is 5.91. The van der Waals surface area contributed by atoms with E-state index in [1.165, 1.54) is 12.1 Å². The van der Waals surface area contributed by atoms with Crippen molar-refractivity contribution in [2.24, 2.45) is 10.3 Å². The summed E-state index contributed by atoms with van der Waals surface area (Å²) in [6, 6.07) is 3.83. The average Bonchev–Trinajstić information content (AvgIpc) is 3.16. The number of sulfonamides is 2. The van der Waals surface area contributed by atoms with Gasteiger partial charge < -0.3 is 20.2 Å². The molecule has 1 amide bonds. The molecule has 33 heavy (non-hydrogen) atoms. The van der Waals surface area contributed by atoms with Crippen LogP contribution in [0.3, 0.4) is 0 Å². The van der Waals surface area contributed by atoms with Crippen LogP contribution in [0.15, 0.2) is 38.8 Å². The number of rotatable bonds is 6. The van der Waals surface area contributed by atoms with E-state index in [0.29, 0.717) is 19.5 Å². The number of benzene rings is 1. The highest BCUT2D eigenvalue weighted by Crippen LogP contribution is 2.41. The maximum atomic E-state index is 13.4. The Balaban J connectivity index is 1.73. The van der Waals surface area contributed by atoms with Gasteiger partial charge in [-0.2, -0.15) is 8.42 Å². The fraction of sp³-hybridized carbons (Fsp3) is 0.500. The molecule has 0 bridgehead atoms. The van der Waals surface area contributed by atoms with Crippen LogP contribution in [0.25, 0.3) is 0 Å². The summed E-state index contributed by atoms with van der Waals surface area (Å²) in [6.45, 7) is 1.07. The van der Waals surface area contributed by atoms with Crippen LogP contribution in [-0.4, -0.2) is 83.0 Å². The molecule has 0 spiro atoms. The summed E-state index contributed by atoms with van der Waals surface area (Å²) in [5.41, 5.74) is 0.0738. The molecular formula is C20H27N5O6S2. The van der Waals surface area contributed by atoms with Gasteiger partial charge in [0, 0.05) is 30.7 Å². The second-order valence-electron chi connectivity index (χ2n) is 8.79. The van der Waals surface area contributed by atoms with Crippen LogP contribution in [0.4, 0.5) is 11.4 Å². The van der Waals surface area contributed by atoms with Gasteiger partial charge in [-0.25, -0.2) is 8.42 Å². The molecule has 2 atom stereocenters. The van der Waals surface area contributed by atoms with Crippen molar-refractivity contribution in [2.45, 2.75) is 30.2 Å². The second-order valence-corrected chi connectivity index (χ2v) is 12.1. The Morgan fingerprint density at radius 1 is 1.30 bits per heavy atom. The van der Waals surface area contributed by atoms with E-state index < -0.39 is 26.0 Å². The van der Waals surface area contributed by atoms with Crippen LogP contribution >= 0.6 is 0 Å². The fourth-order valence-electron chi connectivity index (χ4n) is 4.56. The molecule has 0 unspecified atom stereocenters. The maximum absolute atomic E-state index is 13.4. The van der Waals surface area contributed by atoms with Crippen molar-refractivity contribution in [1.29, 1.82) is 0 Å². The fourth-order valence-corrected chi connectivity index (χ4v) is 6.27. The number of likely N-dealkylation sites (N-methyl/N-ethyl adjacent to an activating group) is 1. The number of fused-ring (bicyclic) bond motifs is 2. The number of amides is 1. The van der Waals surface area contributed by atoms with E-state index in [-0.39, 0.29) is 45.4 Å². The summed E-state index contributed by atoms with van der Waals surface area (Å²) in [5, 5.41) is 13.8. The van der Waals surface area contributed by atoms with Crippen molar-refractivity contribution in [3.05, 3.63) is 29.5 Å². The first-order valence-corrected chi connectivity index (χ1v) is 13.8. The summed E-state index contributed by atoms with van der Waals surface area (Å²) < 4.78 is 54.9. The van der Waals surface area contributed by atoms with Gasteiger partial charge in [-0.05, 0) is 45.1 Å². The molecule has 1 aromatic rings. The first-order chi connectivity index (χ1) is 15.4. The minimum atomic E-state index is -4.26. The Morgan fingerprint density at radius 2 is 2.03 bits per heavy atom. The summed E-state index contributed by atoms with van der Waals surface area (Å²) >= 11 is 0. The van der Waals surface area contributed by atoms with Gasteiger partial charge in [-0.1, -0.05) is 6.42 Å². The minimum Gasteiger partial charge on any atom is -0.511 e. The van der Waals surface area contributed by atoms with Crippen LogP contribution in [0, 0.1) is 5.92 Å². The number of carbonyl (C=O) groups is 1. The highest BCUT2D eigenvalue weighted by molar-refractivity contribution is 7.92. The molecule has 1 aliphatic carbocycles. The minimum absolute atomic E-state index is 0.0692. The lowest BCUT2D eigenvalue weighted by molar-refractivity contribution is -0.131. The molecule has 13 heteroatoms. The van der Waals surface area contributed by atoms with Gasteiger partial charge in [0.15, 0.2) is 5.84 Å². The Bertz CT molecular complexity index is 1270. The average molecular weight is 498 g/mol. The lowest BCUT2D eigenvalue weighted by Crippen LogP contribution is -2.52. The summed E-state index contributed by atoms with van der Waals surface area (Å²) in [5.74, 6) is -1.09. The van der Waals surface area contributed by atoms with E-state index in [9.17, 15) is 26.7 Å². The van der Waals surface area contributed by atoms with Crippen molar-refractivity contribution in [3.8, 4) is 0 Å². The van der Waals surface area contributed by atoms with Gasteiger partial charge in [0.05, 0.1) is 11.9 Å². The molecule has 3 aliphatic rings. The topological polar surface area (TPSA) is 148 Å². The third-order valence-electron chi connectivity index (χ3n) is 6.01. The van der Waals surface area contributed by atoms with Crippen LogP contribution in [0.5, 0.6) is 0 Å². The largest absolute Gasteiger partial charge is 0.511 e. The predicted molar refractivity (Wildman–Crippen MR) is 124 cm³/mol. The molecule has 180 valence electrons. The van der Waals surface area contributed by atoms with Crippen LogP contribution in [0.2, 0.25) is 0 Å². The number of aliphatic hydroxyl groups is 1. The Labute approximate surface area is 193 Å². The maximum Gasteiger partial charge on any atom is 0.286 e. The monoisotopic (exact) mass is 497 g/mol. The lowest BCUT2D eigenvalue weighted by Gasteiger charge is -2.39. The molecule has 1 saturated carbocycles. The summed E-state index contributed by atoms with van der Waals surface area (Å²) in [6.07, 6.45) is 3.29. The van der Waals surface area contributed by atoms with E-state index in [1.54, 1.807) is 4.90 Å². The van der Waals surface area contributed by atoms with Crippen molar-refractivity contribution >= 4 is 43.2 Å². The Hall–Kier alpha value is -2.64. The number of nitrogens with zero attached hydrogens (tertiary/aromatic N) is 3. The summed E-state index contributed by atoms with van der Waals surface area (Å²) in [7, 11) is -4.07. The third kappa shape index (κ3) is 4.57. The molecular weight excluding hydrogens is 470 g/mol. The first kappa shape index (κ1) is 23.5. The molecule has 0 aromatic heterocycles. The van der Waals surface area contributed by atoms with Gasteiger partial charge in [-0.3, -0.25) is 9.52 Å². The van der Waals surface area contributed by atoms with E-state index in [4.69, 9.17) is 0 Å². The van der Waals surface area contributed by atoms with Crippen molar-refractivity contribution in [3.63, 3.8) is 0 Å². The quantitative estimate of drug-likeness (QED) is 0.526. The highest BCUT2D eigenvalue weighted by Gasteiger charge is 2.46. The van der Waals surface area contributed by atoms with Crippen molar-refractivity contribution in [1.82, 2.24) is 9.80 Å². The molecule has 1 fully saturated rings. The number of carbonyl (C=O) groups excluding carboxylic acids is 1. The van der Waals surface area contributed by atoms with E-state index in [0.717, 1.165) is 25.2 Å². The van der Waals surface area contributed by atoms with E-state index in [2.05, 4.69) is 14.4 Å². The number of amidine groups is 1. The molecule has 3 N–H and O–H groups in total. The van der Waals surface area contributed by atoms with Gasteiger partial charge in [0.1, 0.15) is 16.2 Å². The zero-order chi connectivity index (χ0) is 24.1. The Morgan fingerprint density at radius 3 is 2.70 bits per heavy atom. The highest BCUT2D eigenvalue weighted by atomic mass is 32.2. The molecule has 0 radical (unpaired) electrons. The van der Waals surface area contributed by atoms with Crippen molar-refractivity contribution in [2.75, 3.05) is 43.5 Å². The summed E-state index contributed by atoms with van der Waals surface area (Å²) in [4.78, 5) is 16.9. The molecule has 4 rings (SSSR count). The molecule has 11 nitrogen and oxygen atoms in total. The molecule has 2 aliphatic heterocycles.